The van der Waals surface area contributed by atoms with Gasteiger partial charge in [-0.3, -0.25) is 9.05 Å². The number of hydrogen-bond donors (Lipinski definition) is 2. The summed E-state index contributed by atoms with van der Waals surface area (Å²) in [5.41, 5.74) is 5.14. The predicted molar refractivity (Wildman–Crippen MR) is 101 cm³/mol. The van der Waals surface area contributed by atoms with Crippen molar-refractivity contribution < 1.29 is 32.7 Å². The maximum atomic E-state index is 11.9. The van der Waals surface area contributed by atoms with Crippen LogP contribution in [-0.4, -0.2) is 56.8 Å². The van der Waals surface area contributed by atoms with Gasteiger partial charge in [0, 0.05) is 0 Å². The topological polar surface area (TPSA) is 163 Å². The van der Waals surface area contributed by atoms with Crippen molar-refractivity contribution in [2.24, 2.45) is 0 Å². The molecule has 2 aliphatic heterocycles. The summed E-state index contributed by atoms with van der Waals surface area (Å²) in [5, 5.41) is 14.4. The lowest BCUT2D eigenvalue weighted by atomic mass is 9.92. The fourth-order valence-electron chi connectivity index (χ4n) is 3.83. The number of nitrogen functional groups attached to an aromatic ring is 1. The Hall–Kier alpha value is -2.10. The van der Waals surface area contributed by atoms with Gasteiger partial charge in [0.15, 0.2) is 11.6 Å². The fourth-order valence-corrected chi connectivity index (χ4v) is 4.57. The van der Waals surface area contributed by atoms with Crippen LogP contribution in [-0.2, 0) is 33.4 Å². The molecule has 4 rings (SSSR count). The summed E-state index contributed by atoms with van der Waals surface area (Å²) in [6, 6.07) is 5.50. The van der Waals surface area contributed by atoms with E-state index in [1.165, 1.54) is 10.8 Å². The Morgan fingerprint density at radius 2 is 2.13 bits per heavy atom. The molecule has 5 atom stereocenters. The van der Waals surface area contributed by atoms with E-state index in [4.69, 9.17) is 29.0 Å². The van der Waals surface area contributed by atoms with E-state index in [0.717, 1.165) is 0 Å². The summed E-state index contributed by atoms with van der Waals surface area (Å²) in [7, 11) is -4.27. The van der Waals surface area contributed by atoms with Gasteiger partial charge in [0.1, 0.15) is 36.2 Å². The number of phosphoric acid groups is 1. The number of aromatic nitrogens is 3. The summed E-state index contributed by atoms with van der Waals surface area (Å²) in [6.45, 7) is 4.63. The Morgan fingerprint density at radius 3 is 2.83 bits per heavy atom. The molecule has 1 unspecified atom stereocenters. The minimum atomic E-state index is -4.27. The second-order valence-electron chi connectivity index (χ2n) is 7.37. The van der Waals surface area contributed by atoms with Crippen LogP contribution in [0.15, 0.2) is 18.5 Å². The van der Waals surface area contributed by atoms with E-state index >= 15 is 0 Å². The van der Waals surface area contributed by atoms with Gasteiger partial charge in [-0.1, -0.05) is 0 Å². The second kappa shape index (κ2) is 7.25. The number of rotatable bonds is 6. The zero-order chi connectivity index (χ0) is 21.7. The molecule has 30 heavy (non-hydrogen) atoms. The summed E-state index contributed by atoms with van der Waals surface area (Å²) in [6.07, 6.45) is -1.22. The molecular weight excluding hydrogens is 417 g/mol. The minimum absolute atomic E-state index is 0.00258. The molecule has 2 aromatic heterocycles. The van der Waals surface area contributed by atoms with Crippen LogP contribution >= 0.6 is 7.82 Å². The van der Waals surface area contributed by atoms with Gasteiger partial charge in [0.05, 0.1) is 18.9 Å². The van der Waals surface area contributed by atoms with Gasteiger partial charge < -0.3 is 24.8 Å². The molecule has 13 heteroatoms. The van der Waals surface area contributed by atoms with E-state index in [-0.39, 0.29) is 19.0 Å². The average Bonchev–Trinajstić information content (AvgIpc) is 3.31. The average molecular weight is 439 g/mol. The second-order valence-corrected chi connectivity index (χ2v) is 8.82. The first-order valence-electron chi connectivity index (χ1n) is 9.28. The van der Waals surface area contributed by atoms with Gasteiger partial charge in [-0.2, -0.15) is 10.4 Å². The largest absolute Gasteiger partial charge is 0.472 e. The van der Waals surface area contributed by atoms with Gasteiger partial charge in [-0.25, -0.2) is 14.1 Å². The van der Waals surface area contributed by atoms with E-state index < -0.39 is 37.5 Å². The highest BCUT2D eigenvalue weighted by Crippen LogP contribution is 2.51. The Balaban J connectivity index is 1.73. The molecule has 4 heterocycles. The van der Waals surface area contributed by atoms with E-state index in [0.29, 0.717) is 11.2 Å². The molecule has 0 bridgehead atoms. The highest BCUT2D eigenvalue weighted by atomic mass is 31.2. The number of fused-ring (bicyclic) bond motifs is 2. The molecule has 2 aromatic rings. The van der Waals surface area contributed by atoms with Crippen LogP contribution in [0, 0.1) is 11.3 Å². The van der Waals surface area contributed by atoms with Crippen molar-refractivity contribution in [3.05, 3.63) is 24.2 Å². The quantitative estimate of drug-likeness (QED) is 0.619. The Morgan fingerprint density at radius 1 is 1.37 bits per heavy atom. The Labute approximate surface area is 172 Å². The molecule has 3 N–H and O–H groups in total. The third-order valence-corrected chi connectivity index (χ3v) is 6.02. The molecule has 2 fully saturated rings. The SMILES string of the molecule is CCOP(=O)(O)OC[C@H]1O[C@@](C#N)(c2ccc3c(N)ncnn23)[C@@H]2OC(C)(C)O[C@@H]21. The smallest absolute Gasteiger partial charge is 0.382 e. The number of hydrogen-bond acceptors (Lipinski definition) is 10. The molecule has 2 aliphatic rings. The van der Waals surface area contributed by atoms with Crippen molar-refractivity contribution in [3.63, 3.8) is 0 Å². The van der Waals surface area contributed by atoms with E-state index in [1.807, 2.05) is 0 Å². The first-order valence-corrected chi connectivity index (χ1v) is 10.8. The van der Waals surface area contributed by atoms with Crippen LogP contribution in [0.1, 0.15) is 26.5 Å². The van der Waals surface area contributed by atoms with E-state index in [1.54, 1.807) is 32.9 Å². The highest BCUT2D eigenvalue weighted by molar-refractivity contribution is 7.47. The predicted octanol–water partition coefficient (Wildman–Crippen LogP) is 1.10. The van der Waals surface area contributed by atoms with Crippen molar-refractivity contribution in [1.29, 1.82) is 5.26 Å². The zero-order valence-corrected chi connectivity index (χ0v) is 17.5. The molecular formula is C17H22N5O7P. The summed E-state index contributed by atoms with van der Waals surface area (Å²) in [5.74, 6) is -0.774. The van der Waals surface area contributed by atoms with Gasteiger partial charge in [0.25, 0.3) is 0 Å². The fraction of sp³-hybridized carbons (Fsp3) is 0.588. The monoisotopic (exact) mass is 439 g/mol. The van der Waals surface area contributed by atoms with E-state index in [9.17, 15) is 14.7 Å². The Kier molecular flexibility index (Phi) is 5.11. The third kappa shape index (κ3) is 3.38. The minimum Gasteiger partial charge on any atom is -0.382 e. The van der Waals surface area contributed by atoms with Crippen molar-refractivity contribution in [1.82, 2.24) is 14.6 Å². The Bertz CT molecular complexity index is 1050. The molecule has 162 valence electrons. The maximum Gasteiger partial charge on any atom is 0.472 e. The number of nitrogens with two attached hydrogens (primary N) is 1. The molecule has 2 saturated heterocycles. The van der Waals surface area contributed by atoms with Gasteiger partial charge in [0.2, 0.25) is 5.60 Å². The van der Waals surface area contributed by atoms with E-state index in [2.05, 4.69) is 16.2 Å². The molecule has 0 aromatic carbocycles. The van der Waals surface area contributed by atoms with Gasteiger partial charge in [-0.15, -0.1) is 0 Å². The lowest BCUT2D eigenvalue weighted by Crippen LogP contribution is -2.40. The molecule has 0 radical (unpaired) electrons. The zero-order valence-electron chi connectivity index (χ0n) is 16.6. The normalized spacial score (nSPS) is 32.0. The standard InChI is InChI=1S/C17H22N5O7P/c1-4-25-30(23,24)26-7-11-13-14(29-16(2,3)28-13)17(8-18,27-11)12-6-5-10-15(19)20-9-21-22(10)12/h5-6,9,11,13-14H,4,7H2,1-3H3,(H,23,24)(H2,19,20,21)/t11-,13-,14-,17+/m1/s1. The van der Waals surface area contributed by atoms with Crippen molar-refractivity contribution in [2.45, 2.75) is 50.5 Å². The van der Waals surface area contributed by atoms with Crippen LogP contribution in [0.2, 0.25) is 0 Å². The number of anilines is 1. The lowest BCUT2D eigenvalue weighted by Gasteiger charge is -2.29. The third-order valence-electron chi connectivity index (χ3n) is 4.96. The number of ether oxygens (including phenoxy) is 3. The highest BCUT2D eigenvalue weighted by Gasteiger charge is 2.65. The first kappa shape index (κ1) is 21.1. The van der Waals surface area contributed by atoms with Gasteiger partial charge in [-0.05, 0) is 32.9 Å². The number of nitrogens with zero attached hydrogens (tertiary/aromatic N) is 4. The van der Waals surface area contributed by atoms with Crippen LogP contribution in [0.4, 0.5) is 5.82 Å². The molecule has 0 aliphatic carbocycles. The van der Waals surface area contributed by atoms with Crippen LogP contribution in [0.3, 0.4) is 0 Å². The number of phosphoric ester groups is 1. The summed E-state index contributed by atoms with van der Waals surface area (Å²) in [4.78, 5) is 13.7. The van der Waals surface area contributed by atoms with Crippen LogP contribution in [0.25, 0.3) is 5.52 Å². The maximum absolute atomic E-state index is 11.9. The molecule has 0 spiro atoms. The van der Waals surface area contributed by atoms with Crippen LogP contribution < -0.4 is 5.73 Å². The van der Waals surface area contributed by atoms with Crippen molar-refractivity contribution in [3.8, 4) is 6.07 Å². The van der Waals surface area contributed by atoms with Crippen molar-refractivity contribution >= 4 is 19.2 Å². The van der Waals surface area contributed by atoms with Crippen molar-refractivity contribution in [2.75, 3.05) is 18.9 Å². The molecule has 12 nitrogen and oxygen atoms in total. The lowest BCUT2D eigenvalue weighted by molar-refractivity contribution is -0.204. The first-order chi connectivity index (χ1) is 14.1. The van der Waals surface area contributed by atoms with Crippen LogP contribution in [0.5, 0.6) is 0 Å². The van der Waals surface area contributed by atoms with Gasteiger partial charge >= 0.3 is 7.82 Å². The summed E-state index contributed by atoms with van der Waals surface area (Å²) < 4.78 is 41.2. The molecule has 0 amide bonds. The number of nitriles is 1. The summed E-state index contributed by atoms with van der Waals surface area (Å²) >= 11 is 0. The molecule has 0 saturated carbocycles.